The summed E-state index contributed by atoms with van der Waals surface area (Å²) in [6.45, 7) is 0.721. The molecule has 1 saturated heterocycles. The van der Waals surface area contributed by atoms with E-state index < -0.39 is 29.0 Å². The maximum Gasteiger partial charge on any atom is 0.272 e. The van der Waals surface area contributed by atoms with Gasteiger partial charge in [-0.25, -0.2) is 9.98 Å². The van der Waals surface area contributed by atoms with Gasteiger partial charge < -0.3 is 42.4 Å². The normalized spacial score (nSPS) is 46.6. The number of aliphatic hydroxyl groups is 1. The van der Waals surface area contributed by atoms with Crippen LogP contribution >= 0.6 is 11.6 Å². The fraction of sp³-hybridized carbons (Fsp3) is 0.588. The van der Waals surface area contributed by atoms with Crippen LogP contribution in [0.1, 0.15) is 16.7 Å². The highest BCUT2D eigenvalue weighted by Gasteiger charge is 2.79. The maximum absolute atomic E-state index is 13.4. The van der Waals surface area contributed by atoms with Crippen LogP contribution in [0.15, 0.2) is 28.3 Å². The van der Waals surface area contributed by atoms with Crippen molar-refractivity contribution in [2.75, 3.05) is 13.1 Å². The molecule has 2 spiro atoms. The molecule has 154 valence electrons. The van der Waals surface area contributed by atoms with E-state index in [1.54, 1.807) is 11.0 Å². The van der Waals surface area contributed by atoms with E-state index in [1.807, 2.05) is 16.8 Å². The second kappa shape index (κ2) is 5.15. The number of aliphatic imine (C=N–C) groups is 2. The molecule has 0 bridgehead atoms. The fourth-order valence-corrected chi connectivity index (χ4v) is 7.13. The Balaban J connectivity index is 1.60. The molecule has 0 radical (unpaired) electrons. The highest BCUT2D eigenvalue weighted by atomic mass is 35.5. The molecular weight excluding hydrogens is 398 g/mol. The Bertz CT molecular complexity index is 993. The summed E-state index contributed by atoms with van der Waals surface area (Å²) in [5.41, 5.74) is 16.6. The molecule has 5 aliphatic rings. The number of guanidine groups is 2. The van der Waals surface area contributed by atoms with E-state index in [1.165, 1.54) is 0 Å². The van der Waals surface area contributed by atoms with Crippen molar-refractivity contribution in [1.29, 1.82) is 0 Å². The van der Waals surface area contributed by atoms with Crippen LogP contribution < -0.4 is 27.8 Å². The minimum Gasteiger partial charge on any atom is -0.370 e. The average Bonchev–Trinajstić information content (AvgIpc) is 3.42. The van der Waals surface area contributed by atoms with Gasteiger partial charge in [-0.05, 0) is 30.5 Å². The van der Waals surface area contributed by atoms with E-state index in [2.05, 4.69) is 20.6 Å². The quantitative estimate of drug-likeness (QED) is 0.272. The average molecular weight is 420 g/mol. The van der Waals surface area contributed by atoms with Gasteiger partial charge in [0.2, 0.25) is 0 Å². The molecule has 0 aromatic carbocycles. The predicted molar refractivity (Wildman–Crippen MR) is 105 cm³/mol. The van der Waals surface area contributed by atoms with Crippen molar-refractivity contribution in [3.63, 3.8) is 0 Å². The molecule has 11 nitrogen and oxygen atoms in total. The van der Waals surface area contributed by atoms with Crippen LogP contribution in [-0.4, -0.2) is 68.3 Å². The predicted octanol–water partition coefficient (Wildman–Crippen LogP) is -2.53. The van der Waals surface area contributed by atoms with E-state index >= 15 is 0 Å². The Hall–Kier alpha value is -2.50. The van der Waals surface area contributed by atoms with Crippen LogP contribution in [0.4, 0.5) is 0 Å². The van der Waals surface area contributed by atoms with Crippen LogP contribution in [0.2, 0.25) is 0 Å². The highest BCUT2D eigenvalue weighted by Crippen LogP contribution is 2.63. The van der Waals surface area contributed by atoms with E-state index in [-0.39, 0.29) is 35.6 Å². The molecular formula is C17H22ClN9O2. The SMILES string of the molecule is NC[C@H]1[C@H]2CN3C(=O)c4cccn4[C@H]4N=C(N)NC43C2[C@@]2(NC(N)=N[C@@H]2O)[C@H]1Cl. The van der Waals surface area contributed by atoms with Gasteiger partial charge in [-0.1, -0.05) is 0 Å². The van der Waals surface area contributed by atoms with Crippen molar-refractivity contribution in [3.8, 4) is 0 Å². The lowest BCUT2D eigenvalue weighted by molar-refractivity contribution is -0.0269. The third-order valence-corrected chi connectivity index (χ3v) is 8.12. The number of fused-ring (bicyclic) bond motifs is 4. The number of aliphatic hydroxyl groups excluding tert-OH is 1. The Labute approximate surface area is 170 Å². The Morgan fingerprint density at radius 1 is 1.31 bits per heavy atom. The molecule has 9 N–H and O–H groups in total. The first kappa shape index (κ1) is 17.4. The van der Waals surface area contributed by atoms with Gasteiger partial charge in [0, 0.05) is 18.7 Å². The molecule has 12 heteroatoms. The lowest BCUT2D eigenvalue weighted by atomic mass is 9.73. The van der Waals surface area contributed by atoms with Crippen molar-refractivity contribution in [2.45, 2.75) is 29.0 Å². The second-order valence-electron chi connectivity index (χ2n) is 8.44. The Morgan fingerprint density at radius 2 is 2.07 bits per heavy atom. The number of halogens is 1. The van der Waals surface area contributed by atoms with Gasteiger partial charge in [0.05, 0.1) is 5.38 Å². The summed E-state index contributed by atoms with van der Waals surface area (Å²) in [4.78, 5) is 24.0. The summed E-state index contributed by atoms with van der Waals surface area (Å²) < 4.78 is 1.83. The summed E-state index contributed by atoms with van der Waals surface area (Å²) >= 11 is 6.94. The van der Waals surface area contributed by atoms with Crippen molar-refractivity contribution in [3.05, 3.63) is 24.0 Å². The number of nitrogens with zero attached hydrogens (tertiary/aromatic N) is 4. The standard InChI is InChI=1S/C17H22ClN9O2/c18-10-6(4-19)7-5-27-11(28)8-2-1-3-26(8)12-17(27,25-14(20)22-12)9(7)16(10)13(29)23-15(21)24-16/h1-3,6-7,9-10,12-13,29H,4-5,19H2,(H3,20,22,25)(H3,21,23,24)/t6-,7+,9?,10-,12+,13+,16+,17?/m0/s1. The molecule has 5 heterocycles. The highest BCUT2D eigenvalue weighted by molar-refractivity contribution is 6.22. The number of rotatable bonds is 1. The van der Waals surface area contributed by atoms with Crippen molar-refractivity contribution >= 4 is 29.4 Å². The molecule has 1 aromatic rings. The largest absolute Gasteiger partial charge is 0.370 e. The minimum atomic E-state index is -1.19. The first-order valence-corrected chi connectivity index (χ1v) is 10.0. The number of amides is 1. The molecule has 2 unspecified atom stereocenters. The first-order valence-electron chi connectivity index (χ1n) is 9.60. The third kappa shape index (κ3) is 1.68. The fourth-order valence-electron chi connectivity index (χ4n) is 6.54. The van der Waals surface area contributed by atoms with Gasteiger partial charge in [-0.2, -0.15) is 0 Å². The number of alkyl halides is 1. The summed E-state index contributed by atoms with van der Waals surface area (Å²) in [5.74, 6) is -0.441. The summed E-state index contributed by atoms with van der Waals surface area (Å²) in [5, 5.41) is 16.9. The lowest BCUT2D eigenvalue weighted by Crippen LogP contribution is -2.74. The van der Waals surface area contributed by atoms with E-state index in [0.717, 1.165) is 0 Å². The molecule has 1 aromatic heterocycles. The third-order valence-electron chi connectivity index (χ3n) is 7.43. The molecule has 6 rings (SSSR count). The van der Waals surface area contributed by atoms with Gasteiger partial charge in [0.15, 0.2) is 30.0 Å². The monoisotopic (exact) mass is 419 g/mol. The number of aromatic nitrogens is 1. The van der Waals surface area contributed by atoms with Crippen molar-refractivity contribution in [2.24, 2.45) is 44.9 Å². The van der Waals surface area contributed by atoms with Crippen molar-refractivity contribution in [1.82, 2.24) is 20.1 Å². The number of carbonyl (C=O) groups excluding carboxylic acids is 1. The smallest absolute Gasteiger partial charge is 0.272 e. The zero-order chi connectivity index (χ0) is 20.3. The van der Waals surface area contributed by atoms with Gasteiger partial charge >= 0.3 is 0 Å². The molecule has 1 amide bonds. The number of nitrogens with two attached hydrogens (primary N) is 3. The molecule has 2 fully saturated rings. The Kier molecular flexibility index (Phi) is 3.09. The molecule has 4 aliphatic heterocycles. The molecule has 8 atom stereocenters. The summed E-state index contributed by atoms with van der Waals surface area (Å²) in [6.07, 6.45) is 0.125. The van der Waals surface area contributed by atoms with E-state index in [4.69, 9.17) is 28.8 Å². The number of carbonyl (C=O) groups is 1. The molecule has 1 aliphatic carbocycles. The van der Waals surface area contributed by atoms with Crippen LogP contribution in [0, 0.1) is 17.8 Å². The minimum absolute atomic E-state index is 0.101. The van der Waals surface area contributed by atoms with Gasteiger partial charge in [-0.15, -0.1) is 11.6 Å². The van der Waals surface area contributed by atoms with Crippen LogP contribution in [0.25, 0.3) is 0 Å². The van der Waals surface area contributed by atoms with Crippen molar-refractivity contribution < 1.29 is 9.90 Å². The lowest BCUT2D eigenvalue weighted by Gasteiger charge is -2.51. The van der Waals surface area contributed by atoms with E-state index in [0.29, 0.717) is 18.8 Å². The first-order chi connectivity index (χ1) is 13.9. The zero-order valence-electron chi connectivity index (χ0n) is 15.4. The summed E-state index contributed by atoms with van der Waals surface area (Å²) in [7, 11) is 0. The topological polar surface area (TPSA) is 172 Å². The molecule has 1 saturated carbocycles. The number of nitrogens with one attached hydrogen (secondary N) is 2. The van der Waals surface area contributed by atoms with Gasteiger partial charge in [-0.3, -0.25) is 4.79 Å². The maximum atomic E-state index is 13.4. The van der Waals surface area contributed by atoms with Gasteiger partial charge in [0.25, 0.3) is 5.91 Å². The van der Waals surface area contributed by atoms with Crippen LogP contribution in [0.5, 0.6) is 0 Å². The Morgan fingerprint density at radius 3 is 2.76 bits per heavy atom. The number of hydrogen-bond acceptors (Lipinski definition) is 9. The van der Waals surface area contributed by atoms with Gasteiger partial charge in [0.1, 0.15) is 11.2 Å². The second-order valence-corrected chi connectivity index (χ2v) is 8.91. The van der Waals surface area contributed by atoms with Crippen LogP contribution in [-0.2, 0) is 0 Å². The zero-order valence-corrected chi connectivity index (χ0v) is 16.1. The number of hydrogen-bond donors (Lipinski definition) is 6. The summed E-state index contributed by atoms with van der Waals surface area (Å²) in [6, 6.07) is 3.58. The van der Waals surface area contributed by atoms with E-state index in [9.17, 15) is 9.90 Å². The van der Waals surface area contributed by atoms with Crippen LogP contribution in [0.3, 0.4) is 0 Å². The molecule has 29 heavy (non-hydrogen) atoms.